The molecule has 1 atom stereocenters. The summed E-state index contributed by atoms with van der Waals surface area (Å²) in [5.41, 5.74) is 2.63. The van der Waals surface area contributed by atoms with Crippen molar-refractivity contribution >= 4 is 16.8 Å². The number of rotatable bonds is 3. The largest absolute Gasteiger partial charge is 0.280 e. The molecule has 6 heteroatoms. The molecule has 0 aliphatic rings. The van der Waals surface area contributed by atoms with Gasteiger partial charge in [-0.05, 0) is 39.0 Å². The third-order valence-electron chi connectivity index (χ3n) is 4.80. The highest BCUT2D eigenvalue weighted by Gasteiger charge is 2.25. The van der Waals surface area contributed by atoms with E-state index in [4.69, 9.17) is 4.98 Å². The maximum Gasteiger partial charge on any atom is 0.270 e. The number of benzene rings is 2. The Kier molecular flexibility index (Phi) is 4.39. The lowest BCUT2D eigenvalue weighted by Gasteiger charge is -2.19. The van der Waals surface area contributed by atoms with E-state index in [0.717, 1.165) is 17.0 Å². The van der Waals surface area contributed by atoms with Gasteiger partial charge in [0, 0.05) is 11.3 Å². The van der Waals surface area contributed by atoms with Crippen LogP contribution in [0.1, 0.15) is 29.1 Å². The van der Waals surface area contributed by atoms with Gasteiger partial charge in [0.1, 0.15) is 11.9 Å². The Hall–Kier alpha value is -3.54. The average molecular weight is 372 g/mol. The number of nitrogens with zero attached hydrogens (tertiary/aromatic N) is 4. The van der Waals surface area contributed by atoms with E-state index >= 15 is 0 Å². The molecule has 28 heavy (non-hydrogen) atoms. The lowest BCUT2D eigenvalue weighted by molar-refractivity contribution is 0.0829. The molecule has 0 N–H and O–H groups in total. The molecule has 0 saturated carbocycles. The molecular weight excluding hydrogens is 352 g/mol. The van der Waals surface area contributed by atoms with Crippen LogP contribution in [0.3, 0.4) is 0 Å². The molecule has 0 aliphatic carbocycles. The summed E-state index contributed by atoms with van der Waals surface area (Å²) in [6.07, 6.45) is 0. The van der Waals surface area contributed by atoms with Crippen LogP contribution in [-0.2, 0) is 0 Å². The first-order valence-electron chi connectivity index (χ1n) is 9.11. The van der Waals surface area contributed by atoms with Crippen LogP contribution in [0.25, 0.3) is 22.3 Å². The zero-order valence-corrected chi connectivity index (χ0v) is 16.0. The van der Waals surface area contributed by atoms with Crippen molar-refractivity contribution in [2.75, 3.05) is 0 Å². The number of aromatic nitrogens is 4. The van der Waals surface area contributed by atoms with Crippen LogP contribution in [0, 0.1) is 13.8 Å². The Labute approximate surface area is 162 Å². The molecule has 0 radical (unpaired) electrons. The first-order chi connectivity index (χ1) is 13.5. The summed E-state index contributed by atoms with van der Waals surface area (Å²) in [4.78, 5) is 31.2. The molecule has 0 bridgehead atoms. The summed E-state index contributed by atoms with van der Waals surface area (Å²) in [6, 6.07) is 17.7. The van der Waals surface area contributed by atoms with Crippen LogP contribution in [-0.4, -0.2) is 25.2 Å². The van der Waals surface area contributed by atoms with Crippen LogP contribution < -0.4 is 5.56 Å². The summed E-state index contributed by atoms with van der Waals surface area (Å²) in [7, 11) is 0. The van der Waals surface area contributed by atoms with E-state index in [2.05, 4.69) is 5.10 Å². The Morgan fingerprint density at radius 1 is 1.00 bits per heavy atom. The van der Waals surface area contributed by atoms with Gasteiger partial charge in [-0.2, -0.15) is 5.10 Å². The van der Waals surface area contributed by atoms with Crippen LogP contribution in [0.4, 0.5) is 0 Å². The van der Waals surface area contributed by atoms with Crippen molar-refractivity contribution < 1.29 is 4.79 Å². The van der Waals surface area contributed by atoms with Crippen LogP contribution >= 0.6 is 0 Å². The Morgan fingerprint density at radius 3 is 2.36 bits per heavy atom. The molecular formula is C22H20N4O2. The van der Waals surface area contributed by atoms with Gasteiger partial charge < -0.3 is 0 Å². The van der Waals surface area contributed by atoms with E-state index in [1.165, 1.54) is 9.25 Å². The average Bonchev–Trinajstić information content (AvgIpc) is 3.05. The number of para-hydroxylation sites is 1. The van der Waals surface area contributed by atoms with E-state index in [1.807, 2.05) is 56.3 Å². The van der Waals surface area contributed by atoms with Gasteiger partial charge in [-0.1, -0.05) is 42.5 Å². The van der Waals surface area contributed by atoms with Gasteiger partial charge in [0.05, 0.1) is 16.6 Å². The van der Waals surface area contributed by atoms with E-state index in [9.17, 15) is 9.59 Å². The van der Waals surface area contributed by atoms with Crippen molar-refractivity contribution in [2.45, 2.75) is 26.8 Å². The highest BCUT2D eigenvalue weighted by atomic mass is 16.2. The Balaban J connectivity index is 1.96. The molecule has 0 fully saturated rings. The van der Waals surface area contributed by atoms with Crippen molar-refractivity contribution in [3.8, 4) is 11.4 Å². The van der Waals surface area contributed by atoms with Gasteiger partial charge in [-0.25, -0.2) is 9.67 Å². The minimum atomic E-state index is -0.766. The molecule has 6 nitrogen and oxygen atoms in total. The second-order valence-corrected chi connectivity index (χ2v) is 6.85. The predicted octanol–water partition coefficient (Wildman–Crippen LogP) is 3.78. The van der Waals surface area contributed by atoms with E-state index in [0.29, 0.717) is 16.7 Å². The molecule has 140 valence electrons. The first kappa shape index (κ1) is 17.9. The molecule has 2 aromatic heterocycles. The second-order valence-electron chi connectivity index (χ2n) is 6.85. The van der Waals surface area contributed by atoms with E-state index in [1.54, 1.807) is 25.1 Å². The monoisotopic (exact) mass is 372 g/mol. The molecule has 0 aliphatic heterocycles. The summed E-state index contributed by atoms with van der Waals surface area (Å²) in [5, 5.41) is 4.76. The summed E-state index contributed by atoms with van der Waals surface area (Å²) in [6.45, 7) is 5.37. The highest BCUT2D eigenvalue weighted by Crippen LogP contribution is 2.23. The smallest absolute Gasteiger partial charge is 0.270 e. The Morgan fingerprint density at radius 2 is 1.68 bits per heavy atom. The zero-order chi connectivity index (χ0) is 19.8. The second kappa shape index (κ2) is 6.88. The highest BCUT2D eigenvalue weighted by molar-refractivity contribution is 5.85. The fourth-order valence-electron chi connectivity index (χ4n) is 3.44. The third-order valence-corrected chi connectivity index (χ3v) is 4.80. The number of fused-ring (bicyclic) bond motifs is 1. The van der Waals surface area contributed by atoms with Gasteiger partial charge in [-0.15, -0.1) is 0 Å². The predicted molar refractivity (Wildman–Crippen MR) is 108 cm³/mol. The molecule has 2 aromatic carbocycles. The fourth-order valence-corrected chi connectivity index (χ4v) is 3.44. The molecule has 0 saturated heterocycles. The topological polar surface area (TPSA) is 69.8 Å². The van der Waals surface area contributed by atoms with Crippen molar-refractivity contribution in [1.29, 1.82) is 0 Å². The van der Waals surface area contributed by atoms with Crippen LogP contribution in [0.5, 0.6) is 0 Å². The van der Waals surface area contributed by atoms with E-state index < -0.39 is 6.04 Å². The standard InChI is InChI=1S/C22H20N4O2/c1-14-13-15(2)26(24-14)21(27)16(3)25-20(17-9-5-4-6-10-17)23-19-12-8-7-11-18(19)22(25)28/h4-13,16H,1-3H3. The van der Waals surface area contributed by atoms with Crippen molar-refractivity contribution in [3.05, 3.63) is 82.4 Å². The van der Waals surface area contributed by atoms with Gasteiger partial charge in [0.25, 0.3) is 11.5 Å². The molecule has 4 aromatic rings. The first-order valence-corrected chi connectivity index (χ1v) is 9.11. The molecule has 2 heterocycles. The van der Waals surface area contributed by atoms with E-state index in [-0.39, 0.29) is 11.5 Å². The van der Waals surface area contributed by atoms with Gasteiger partial charge in [0.15, 0.2) is 0 Å². The van der Waals surface area contributed by atoms with Gasteiger partial charge in [-0.3, -0.25) is 14.2 Å². The molecule has 4 rings (SSSR count). The molecule has 1 unspecified atom stereocenters. The van der Waals surface area contributed by atoms with Crippen LogP contribution in [0.2, 0.25) is 0 Å². The maximum atomic E-state index is 13.3. The lowest BCUT2D eigenvalue weighted by atomic mass is 10.1. The number of hydrogen-bond donors (Lipinski definition) is 0. The van der Waals surface area contributed by atoms with Gasteiger partial charge >= 0.3 is 0 Å². The third kappa shape index (κ3) is 2.93. The molecule has 0 amide bonds. The quantitative estimate of drug-likeness (QED) is 0.549. The normalized spacial score (nSPS) is 12.2. The number of carbonyl (C=O) groups excluding carboxylic acids is 1. The summed E-state index contributed by atoms with van der Waals surface area (Å²) >= 11 is 0. The lowest BCUT2D eigenvalue weighted by Crippen LogP contribution is -2.33. The van der Waals surface area contributed by atoms with Crippen molar-refractivity contribution in [2.24, 2.45) is 0 Å². The van der Waals surface area contributed by atoms with Crippen molar-refractivity contribution in [3.63, 3.8) is 0 Å². The minimum absolute atomic E-state index is 0.244. The van der Waals surface area contributed by atoms with Gasteiger partial charge in [0.2, 0.25) is 0 Å². The Bertz CT molecular complexity index is 1240. The summed E-state index contributed by atoms with van der Waals surface area (Å²) in [5.74, 6) is 0.189. The minimum Gasteiger partial charge on any atom is -0.280 e. The van der Waals surface area contributed by atoms with Crippen molar-refractivity contribution in [1.82, 2.24) is 19.3 Å². The maximum absolute atomic E-state index is 13.3. The molecule has 0 spiro atoms. The number of carbonyl (C=O) groups is 1. The number of hydrogen-bond acceptors (Lipinski definition) is 4. The fraction of sp³-hybridized carbons (Fsp3) is 0.182. The zero-order valence-electron chi connectivity index (χ0n) is 16.0. The summed E-state index contributed by atoms with van der Waals surface area (Å²) < 4.78 is 2.83. The SMILES string of the molecule is Cc1cc(C)n(C(=O)C(C)n2c(-c3ccccc3)nc3ccccc3c2=O)n1. The number of aryl methyl sites for hydroxylation is 2. The van der Waals surface area contributed by atoms with Crippen LogP contribution in [0.15, 0.2) is 65.5 Å².